The predicted octanol–water partition coefficient (Wildman–Crippen LogP) is 3.77. The van der Waals surface area contributed by atoms with E-state index in [1.165, 1.54) is 11.0 Å². The number of ether oxygens (including phenoxy) is 1. The maximum Gasteiger partial charge on any atom is 0.407 e. The third-order valence-electron chi connectivity index (χ3n) is 8.10. The van der Waals surface area contributed by atoms with E-state index in [4.69, 9.17) is 26.3 Å². The number of halogens is 2. The van der Waals surface area contributed by atoms with Crippen LogP contribution in [0.5, 0.6) is 6.01 Å². The number of carbonyl (C=O) groups is 1. The molecule has 0 unspecified atom stereocenters. The first kappa shape index (κ1) is 27.0. The molecule has 2 saturated heterocycles. The Labute approximate surface area is 239 Å². The fourth-order valence-corrected chi connectivity index (χ4v) is 6.08. The van der Waals surface area contributed by atoms with Crippen molar-refractivity contribution in [1.29, 1.82) is 5.26 Å². The molecule has 2 aliphatic heterocycles. The Hall–Kier alpha value is -4.15. The van der Waals surface area contributed by atoms with Crippen LogP contribution in [0.3, 0.4) is 0 Å². The summed E-state index contributed by atoms with van der Waals surface area (Å²) in [6.45, 7) is 2.32. The van der Waals surface area contributed by atoms with Gasteiger partial charge in [-0.2, -0.15) is 20.3 Å². The van der Waals surface area contributed by atoms with Crippen LogP contribution in [0.2, 0.25) is 5.02 Å². The molecule has 3 N–H and O–H groups in total. The first-order chi connectivity index (χ1) is 19.8. The Morgan fingerprint density at radius 1 is 1.32 bits per heavy atom. The first-order valence-electron chi connectivity index (χ1n) is 13.5. The molecule has 41 heavy (non-hydrogen) atoms. The zero-order valence-electron chi connectivity index (χ0n) is 22.4. The van der Waals surface area contributed by atoms with Crippen molar-refractivity contribution >= 4 is 45.4 Å². The number of nitrogens with zero attached hydrogens (tertiary/aromatic N) is 7. The van der Waals surface area contributed by atoms with Gasteiger partial charge in [0, 0.05) is 55.3 Å². The van der Waals surface area contributed by atoms with Gasteiger partial charge in [0.25, 0.3) is 0 Å². The van der Waals surface area contributed by atoms with Gasteiger partial charge in [0.15, 0.2) is 5.82 Å². The monoisotopic (exact) mass is 581 g/mol. The van der Waals surface area contributed by atoms with E-state index < -0.39 is 18.0 Å². The van der Waals surface area contributed by atoms with Gasteiger partial charge in [-0.05, 0) is 32.0 Å². The molecular weight excluding hydrogens is 553 g/mol. The van der Waals surface area contributed by atoms with Crippen LogP contribution in [0, 0.1) is 17.1 Å². The minimum Gasteiger partial charge on any atom is -0.465 e. The summed E-state index contributed by atoms with van der Waals surface area (Å²) in [7, 11) is 2.07. The number of aromatic amines is 2. The van der Waals surface area contributed by atoms with Gasteiger partial charge >= 0.3 is 12.1 Å². The third kappa shape index (κ3) is 5.09. The van der Waals surface area contributed by atoms with Crippen LogP contribution in [0.1, 0.15) is 30.4 Å². The predicted molar refractivity (Wildman–Crippen MR) is 150 cm³/mol. The van der Waals surface area contributed by atoms with Crippen LogP contribution in [-0.4, -0.2) is 98.1 Å². The van der Waals surface area contributed by atoms with Crippen molar-refractivity contribution in [2.24, 2.45) is 0 Å². The molecule has 14 heteroatoms. The van der Waals surface area contributed by atoms with Crippen LogP contribution in [0.25, 0.3) is 21.9 Å². The van der Waals surface area contributed by atoms with E-state index in [0.717, 1.165) is 24.9 Å². The van der Waals surface area contributed by atoms with Gasteiger partial charge in [0.05, 0.1) is 35.3 Å². The van der Waals surface area contributed by atoms with E-state index in [0.29, 0.717) is 46.5 Å². The number of hydrogen-bond acceptors (Lipinski definition) is 8. The lowest BCUT2D eigenvalue weighted by atomic mass is 10.0. The van der Waals surface area contributed by atoms with E-state index in [-0.39, 0.29) is 43.0 Å². The number of anilines is 1. The highest BCUT2D eigenvalue weighted by Crippen LogP contribution is 2.34. The summed E-state index contributed by atoms with van der Waals surface area (Å²) in [5, 5.41) is 26.6. The lowest BCUT2D eigenvalue weighted by Gasteiger charge is -2.39. The SMILES string of the molecule is CN1CCC[C@H]1COc1nc(N2CCN(C(=O)O)[C@@H](CC#N)C2)c2[nH]cc(Cc3c(Cl)c(F)cc4[nH]ncc34)c2n1. The van der Waals surface area contributed by atoms with Gasteiger partial charge in [-0.3, -0.25) is 5.10 Å². The number of aromatic nitrogens is 5. The normalized spacial score (nSPS) is 19.8. The number of hydrogen-bond donors (Lipinski definition) is 3. The van der Waals surface area contributed by atoms with Gasteiger partial charge in [-0.25, -0.2) is 9.18 Å². The number of likely N-dealkylation sites (N-methyl/N-ethyl adjacent to an activating group) is 1. The number of carboxylic acid groups (broad SMARTS) is 1. The van der Waals surface area contributed by atoms with Crippen LogP contribution in [0.4, 0.5) is 15.0 Å². The Kier molecular flexibility index (Phi) is 7.27. The molecule has 1 aromatic carbocycles. The molecule has 3 aromatic heterocycles. The van der Waals surface area contributed by atoms with Gasteiger partial charge in [0.2, 0.25) is 0 Å². The van der Waals surface area contributed by atoms with Crippen molar-refractivity contribution < 1.29 is 19.0 Å². The maximum atomic E-state index is 14.7. The fraction of sp³-hybridized carbons (Fsp3) is 0.444. The number of nitrogens with one attached hydrogen (secondary N) is 2. The minimum atomic E-state index is -1.05. The average molecular weight is 582 g/mol. The molecular formula is C27H29ClFN9O3. The van der Waals surface area contributed by atoms with Gasteiger partial charge in [-0.15, -0.1) is 0 Å². The molecule has 5 heterocycles. The number of piperazine rings is 1. The van der Waals surface area contributed by atoms with Gasteiger partial charge in [0.1, 0.15) is 23.5 Å². The Morgan fingerprint density at radius 3 is 2.93 bits per heavy atom. The second kappa shape index (κ2) is 11.0. The largest absolute Gasteiger partial charge is 0.465 e. The summed E-state index contributed by atoms with van der Waals surface area (Å²) in [6.07, 6.45) is 4.82. The van der Waals surface area contributed by atoms with Crippen LogP contribution in [0.15, 0.2) is 18.5 Å². The van der Waals surface area contributed by atoms with E-state index in [1.807, 2.05) is 4.90 Å². The summed E-state index contributed by atoms with van der Waals surface area (Å²) in [6, 6.07) is 3.36. The standard InChI is InChI=1S/C27H29ClFN9O3/c1-36-6-2-3-17(36)14-41-26-33-23-15(9-18-19-12-32-35-21(19)10-20(29)22(18)28)11-31-24(23)25(34-26)37-7-8-38(27(39)40)16(13-37)4-5-30/h10-12,16-17,31H,2-4,6-9,13-14H2,1H3,(H,32,35)(H,39,40)/t16-,17-/m0/s1. The number of amides is 1. The van der Waals surface area contributed by atoms with E-state index >= 15 is 0 Å². The third-order valence-corrected chi connectivity index (χ3v) is 8.51. The molecule has 0 spiro atoms. The Balaban J connectivity index is 1.40. The van der Waals surface area contributed by atoms with Gasteiger partial charge in [-0.1, -0.05) is 11.6 Å². The summed E-state index contributed by atoms with van der Waals surface area (Å²) in [5.41, 5.74) is 3.12. The zero-order valence-corrected chi connectivity index (χ0v) is 23.2. The Bertz CT molecular complexity index is 1650. The molecule has 2 aliphatic rings. The number of rotatable bonds is 7. The highest BCUT2D eigenvalue weighted by atomic mass is 35.5. The molecule has 12 nitrogen and oxygen atoms in total. The molecule has 1 amide bonds. The van der Waals surface area contributed by atoms with Crippen LogP contribution < -0.4 is 9.64 Å². The molecule has 0 radical (unpaired) electrons. The quantitative estimate of drug-likeness (QED) is 0.296. The van der Waals surface area contributed by atoms with Crippen molar-refractivity contribution in [3.63, 3.8) is 0 Å². The molecule has 0 aliphatic carbocycles. The highest BCUT2D eigenvalue weighted by Gasteiger charge is 2.33. The van der Waals surface area contributed by atoms with Crippen molar-refractivity contribution in [3.05, 3.63) is 40.4 Å². The lowest BCUT2D eigenvalue weighted by molar-refractivity contribution is 0.119. The van der Waals surface area contributed by atoms with Crippen LogP contribution in [-0.2, 0) is 6.42 Å². The minimum absolute atomic E-state index is 0.0208. The molecule has 214 valence electrons. The molecule has 6 rings (SSSR count). The average Bonchev–Trinajstić information content (AvgIpc) is 3.69. The summed E-state index contributed by atoms with van der Waals surface area (Å²) >= 11 is 6.43. The van der Waals surface area contributed by atoms with E-state index in [9.17, 15) is 19.6 Å². The number of likely N-dealkylation sites (tertiary alicyclic amines) is 1. The molecule has 2 fully saturated rings. The summed E-state index contributed by atoms with van der Waals surface area (Å²) in [4.78, 5) is 30.1. The van der Waals surface area contributed by atoms with E-state index in [1.54, 1.807) is 12.4 Å². The number of nitriles is 1. The first-order valence-corrected chi connectivity index (χ1v) is 13.8. The van der Waals surface area contributed by atoms with Crippen molar-refractivity contribution in [2.45, 2.75) is 37.8 Å². The second-order valence-electron chi connectivity index (χ2n) is 10.6. The van der Waals surface area contributed by atoms with Crippen molar-refractivity contribution in [3.8, 4) is 12.1 Å². The number of fused-ring (bicyclic) bond motifs is 2. The highest BCUT2D eigenvalue weighted by molar-refractivity contribution is 6.32. The Morgan fingerprint density at radius 2 is 2.17 bits per heavy atom. The molecule has 0 bridgehead atoms. The van der Waals surface area contributed by atoms with Crippen molar-refractivity contribution in [1.82, 2.24) is 34.9 Å². The van der Waals surface area contributed by atoms with Gasteiger partial charge < -0.3 is 29.5 Å². The number of H-pyrrole nitrogens is 2. The lowest BCUT2D eigenvalue weighted by Crippen LogP contribution is -2.55. The summed E-state index contributed by atoms with van der Waals surface area (Å²) < 4.78 is 20.8. The van der Waals surface area contributed by atoms with Crippen molar-refractivity contribution in [2.75, 3.05) is 44.7 Å². The molecule has 2 atom stereocenters. The topological polar surface area (TPSA) is 150 Å². The zero-order chi connectivity index (χ0) is 28.7. The summed E-state index contributed by atoms with van der Waals surface area (Å²) in [5.74, 6) is 0.0147. The smallest absolute Gasteiger partial charge is 0.407 e. The van der Waals surface area contributed by atoms with Crippen LogP contribution >= 0.6 is 11.6 Å². The second-order valence-corrected chi connectivity index (χ2v) is 10.9. The van der Waals surface area contributed by atoms with E-state index in [2.05, 4.69) is 33.2 Å². The number of benzene rings is 1. The molecule has 0 saturated carbocycles. The molecule has 4 aromatic rings. The maximum absolute atomic E-state index is 14.7. The fourth-order valence-electron chi connectivity index (χ4n) is 5.85.